The van der Waals surface area contributed by atoms with E-state index >= 15 is 0 Å². The summed E-state index contributed by atoms with van der Waals surface area (Å²) in [6.45, 7) is 2.53. The maximum atomic E-state index is 5.37. The van der Waals surface area contributed by atoms with Crippen molar-refractivity contribution in [3.8, 4) is 22.5 Å². The van der Waals surface area contributed by atoms with Crippen LogP contribution in [0.25, 0.3) is 22.5 Å². The summed E-state index contributed by atoms with van der Waals surface area (Å²) in [5, 5.41) is 7.41. The number of anilines is 1. The number of aromatic nitrogens is 2. The first-order valence-electron chi connectivity index (χ1n) is 8.57. The lowest BCUT2D eigenvalue weighted by Crippen LogP contribution is -1.99. The predicted octanol–water partition coefficient (Wildman–Crippen LogP) is 5.32. The molecule has 0 saturated heterocycles. The van der Waals surface area contributed by atoms with Crippen molar-refractivity contribution >= 4 is 5.69 Å². The summed E-state index contributed by atoms with van der Waals surface area (Å²) in [6, 6.07) is 26.7. The molecule has 0 aliphatic heterocycles. The van der Waals surface area contributed by atoms with Crippen LogP contribution in [-0.4, -0.2) is 10.1 Å². The van der Waals surface area contributed by atoms with Crippen molar-refractivity contribution in [3.63, 3.8) is 0 Å². The molecule has 26 heavy (non-hydrogen) atoms. The lowest BCUT2D eigenvalue weighted by atomic mass is 10.1. The Morgan fingerprint density at radius 2 is 1.50 bits per heavy atom. The third-order valence-electron chi connectivity index (χ3n) is 4.29. The van der Waals surface area contributed by atoms with Crippen molar-refractivity contribution in [2.45, 2.75) is 13.5 Å². The van der Waals surface area contributed by atoms with E-state index in [-0.39, 0.29) is 0 Å². The zero-order valence-electron chi connectivity index (χ0n) is 14.5. The second kappa shape index (κ2) is 7.23. The van der Waals surface area contributed by atoms with Gasteiger partial charge in [-0.25, -0.2) is 0 Å². The van der Waals surface area contributed by atoms with Crippen LogP contribution in [0.5, 0.6) is 0 Å². The molecular formula is C22H19N3O. The third kappa shape index (κ3) is 3.49. The Morgan fingerprint density at radius 3 is 2.27 bits per heavy atom. The second-order valence-corrected chi connectivity index (χ2v) is 6.12. The molecule has 0 aliphatic carbocycles. The van der Waals surface area contributed by atoms with E-state index in [1.165, 1.54) is 11.1 Å². The highest BCUT2D eigenvalue weighted by molar-refractivity contribution is 5.66. The lowest BCUT2D eigenvalue weighted by molar-refractivity contribution is 0.384. The summed E-state index contributed by atoms with van der Waals surface area (Å²) >= 11 is 0. The van der Waals surface area contributed by atoms with Gasteiger partial charge in [0.15, 0.2) is 0 Å². The van der Waals surface area contributed by atoms with Gasteiger partial charge in [-0.1, -0.05) is 71.9 Å². The summed E-state index contributed by atoms with van der Waals surface area (Å²) in [7, 11) is 0. The number of hydrogen-bond donors (Lipinski definition) is 1. The van der Waals surface area contributed by atoms with Gasteiger partial charge in [0.25, 0.3) is 0 Å². The molecule has 0 aliphatic rings. The van der Waals surface area contributed by atoms with Gasteiger partial charge in [0, 0.05) is 11.3 Å². The SMILES string of the molecule is Cc1ccccc1-c1noc(CNc2ccc(-c3ccccc3)cc2)n1. The Labute approximate surface area is 152 Å². The van der Waals surface area contributed by atoms with E-state index in [1.54, 1.807) is 0 Å². The molecule has 0 radical (unpaired) electrons. The minimum Gasteiger partial charge on any atom is -0.376 e. The zero-order chi connectivity index (χ0) is 17.8. The minimum absolute atomic E-state index is 0.490. The van der Waals surface area contributed by atoms with Gasteiger partial charge in [0.05, 0.1) is 6.54 Å². The van der Waals surface area contributed by atoms with Gasteiger partial charge < -0.3 is 9.84 Å². The van der Waals surface area contributed by atoms with E-state index in [0.29, 0.717) is 18.3 Å². The second-order valence-electron chi connectivity index (χ2n) is 6.12. The molecule has 4 nitrogen and oxygen atoms in total. The normalized spacial score (nSPS) is 10.7. The zero-order valence-corrected chi connectivity index (χ0v) is 14.5. The van der Waals surface area contributed by atoms with Crippen molar-refractivity contribution in [2.75, 3.05) is 5.32 Å². The molecule has 0 saturated carbocycles. The summed E-state index contributed by atoms with van der Waals surface area (Å²) in [5.74, 6) is 1.19. The maximum Gasteiger partial charge on any atom is 0.246 e. The summed E-state index contributed by atoms with van der Waals surface area (Å²) in [4.78, 5) is 4.48. The molecule has 1 N–H and O–H groups in total. The first-order valence-corrected chi connectivity index (χ1v) is 8.57. The molecule has 3 aromatic carbocycles. The third-order valence-corrected chi connectivity index (χ3v) is 4.29. The fraction of sp³-hybridized carbons (Fsp3) is 0.0909. The fourth-order valence-electron chi connectivity index (χ4n) is 2.85. The van der Waals surface area contributed by atoms with Gasteiger partial charge in [-0.15, -0.1) is 0 Å². The van der Waals surface area contributed by atoms with Crippen LogP contribution in [-0.2, 0) is 6.54 Å². The Hall–Kier alpha value is -3.40. The predicted molar refractivity (Wildman–Crippen MR) is 104 cm³/mol. The average Bonchev–Trinajstić information content (AvgIpc) is 3.17. The summed E-state index contributed by atoms with van der Waals surface area (Å²) < 4.78 is 5.37. The molecule has 0 fully saturated rings. The van der Waals surface area contributed by atoms with E-state index in [9.17, 15) is 0 Å². The molecule has 0 amide bonds. The molecule has 128 valence electrons. The van der Waals surface area contributed by atoms with E-state index in [4.69, 9.17) is 4.52 Å². The van der Waals surface area contributed by atoms with Crippen molar-refractivity contribution in [1.29, 1.82) is 0 Å². The number of rotatable bonds is 5. The Kier molecular flexibility index (Phi) is 4.48. The highest BCUT2D eigenvalue weighted by Gasteiger charge is 2.10. The Bertz CT molecular complexity index is 991. The standard InChI is InChI=1S/C22H19N3O/c1-16-7-5-6-10-20(16)22-24-21(26-25-22)15-23-19-13-11-18(12-14-19)17-8-3-2-4-9-17/h2-14,23H,15H2,1H3. The molecular weight excluding hydrogens is 322 g/mol. The Morgan fingerprint density at radius 1 is 0.808 bits per heavy atom. The van der Waals surface area contributed by atoms with E-state index in [1.807, 2.05) is 49.4 Å². The first-order chi connectivity index (χ1) is 12.8. The summed E-state index contributed by atoms with van der Waals surface area (Å²) in [6.07, 6.45) is 0. The van der Waals surface area contributed by atoms with Crippen LogP contribution in [0.2, 0.25) is 0 Å². The van der Waals surface area contributed by atoms with E-state index in [0.717, 1.165) is 16.8 Å². The van der Waals surface area contributed by atoms with Crippen LogP contribution >= 0.6 is 0 Å². The Balaban J connectivity index is 1.43. The lowest BCUT2D eigenvalue weighted by Gasteiger charge is -2.05. The van der Waals surface area contributed by atoms with Crippen LogP contribution < -0.4 is 5.32 Å². The van der Waals surface area contributed by atoms with Gasteiger partial charge in [0.2, 0.25) is 11.7 Å². The van der Waals surface area contributed by atoms with Crippen molar-refractivity contribution in [3.05, 3.63) is 90.3 Å². The van der Waals surface area contributed by atoms with Crippen LogP contribution in [0.15, 0.2) is 83.4 Å². The highest BCUT2D eigenvalue weighted by Crippen LogP contribution is 2.22. The van der Waals surface area contributed by atoms with Gasteiger partial charge in [-0.2, -0.15) is 4.98 Å². The molecule has 0 spiro atoms. The maximum absolute atomic E-state index is 5.37. The average molecular weight is 341 g/mol. The van der Waals surface area contributed by atoms with Gasteiger partial charge in [-0.3, -0.25) is 0 Å². The first kappa shape index (κ1) is 16.1. The summed E-state index contributed by atoms with van der Waals surface area (Å²) in [5.41, 5.74) is 5.54. The van der Waals surface area contributed by atoms with Gasteiger partial charge in [-0.05, 0) is 35.7 Å². The number of hydrogen-bond acceptors (Lipinski definition) is 4. The van der Waals surface area contributed by atoms with Crippen molar-refractivity contribution < 1.29 is 4.52 Å². The van der Waals surface area contributed by atoms with Crippen LogP contribution in [0.4, 0.5) is 5.69 Å². The highest BCUT2D eigenvalue weighted by atomic mass is 16.5. The minimum atomic E-state index is 0.490. The van der Waals surface area contributed by atoms with E-state index in [2.05, 4.69) is 51.9 Å². The van der Waals surface area contributed by atoms with E-state index < -0.39 is 0 Å². The molecule has 0 atom stereocenters. The molecule has 4 aromatic rings. The number of nitrogens with zero attached hydrogens (tertiary/aromatic N) is 2. The van der Waals surface area contributed by atoms with Crippen LogP contribution in [0.1, 0.15) is 11.5 Å². The molecule has 4 rings (SSSR count). The molecule has 0 unspecified atom stereocenters. The monoisotopic (exact) mass is 341 g/mol. The molecule has 0 bridgehead atoms. The quantitative estimate of drug-likeness (QED) is 0.533. The molecule has 4 heteroatoms. The van der Waals surface area contributed by atoms with Crippen LogP contribution in [0, 0.1) is 6.92 Å². The van der Waals surface area contributed by atoms with Crippen LogP contribution in [0.3, 0.4) is 0 Å². The number of benzene rings is 3. The van der Waals surface area contributed by atoms with Gasteiger partial charge in [0.1, 0.15) is 0 Å². The fourth-order valence-corrected chi connectivity index (χ4v) is 2.85. The smallest absolute Gasteiger partial charge is 0.246 e. The number of nitrogens with one attached hydrogen (secondary N) is 1. The topological polar surface area (TPSA) is 51.0 Å². The van der Waals surface area contributed by atoms with Crippen molar-refractivity contribution in [1.82, 2.24) is 10.1 Å². The largest absolute Gasteiger partial charge is 0.376 e. The number of aryl methyl sites for hydroxylation is 1. The molecule has 1 aromatic heterocycles. The van der Waals surface area contributed by atoms with Crippen molar-refractivity contribution in [2.24, 2.45) is 0 Å². The van der Waals surface area contributed by atoms with Gasteiger partial charge >= 0.3 is 0 Å². The molecule has 1 heterocycles.